The van der Waals surface area contributed by atoms with Crippen molar-refractivity contribution < 1.29 is 38.0 Å². The maximum Gasteiger partial charge on any atom is 0.194 e. The van der Waals surface area contributed by atoms with Crippen LogP contribution in [-0.4, -0.2) is 48.2 Å². The summed E-state index contributed by atoms with van der Waals surface area (Å²) in [6.45, 7) is 1.34. The normalized spacial score (nSPS) is 12.9. The molecule has 3 atom stereocenters. The van der Waals surface area contributed by atoms with Crippen molar-refractivity contribution in [2.24, 2.45) is 0 Å². The fraction of sp³-hybridized carbons (Fsp3) is 0.238. The maximum atomic E-state index is 14.7. The van der Waals surface area contributed by atoms with Crippen LogP contribution < -0.4 is 4.74 Å². The number of aliphatic hydroxyl groups is 1. The molecule has 5 aromatic carbocycles. The summed E-state index contributed by atoms with van der Waals surface area (Å²) in [5.74, 6) is -1.50. The molecule has 0 aliphatic rings. The van der Waals surface area contributed by atoms with Gasteiger partial charge in [0.1, 0.15) is 24.9 Å². The van der Waals surface area contributed by atoms with E-state index in [9.17, 15) is 19.1 Å². The fourth-order valence-corrected chi connectivity index (χ4v) is 5.76. The number of ketones is 2. The lowest BCUT2D eigenvalue weighted by Crippen LogP contribution is -2.50. The summed E-state index contributed by atoms with van der Waals surface area (Å²) in [5.41, 5.74) is 3.83. The summed E-state index contributed by atoms with van der Waals surface area (Å²) in [6, 6.07) is 37.4. The van der Waals surface area contributed by atoms with Gasteiger partial charge in [-0.25, -0.2) is 4.39 Å². The molecule has 5 rings (SSSR count). The largest absolute Gasteiger partial charge is 0.491 e. The lowest BCUT2D eigenvalue weighted by atomic mass is 9.94. The van der Waals surface area contributed by atoms with Crippen LogP contribution in [0.15, 0.2) is 127 Å². The predicted molar refractivity (Wildman–Crippen MR) is 193 cm³/mol. The van der Waals surface area contributed by atoms with Gasteiger partial charge in [-0.1, -0.05) is 109 Å². The van der Waals surface area contributed by atoms with E-state index in [1.54, 1.807) is 37.3 Å². The van der Waals surface area contributed by atoms with Crippen molar-refractivity contribution in [3.63, 3.8) is 0 Å². The minimum absolute atomic E-state index is 0.0196. The third-order valence-electron chi connectivity index (χ3n) is 8.18. The van der Waals surface area contributed by atoms with Gasteiger partial charge in [-0.05, 0) is 71.5 Å². The molecule has 5 aromatic rings. The van der Waals surface area contributed by atoms with E-state index in [-0.39, 0.29) is 37.6 Å². The summed E-state index contributed by atoms with van der Waals surface area (Å²) >= 11 is 6.60. The van der Waals surface area contributed by atoms with E-state index in [1.165, 1.54) is 6.07 Å². The van der Waals surface area contributed by atoms with Crippen molar-refractivity contribution in [1.29, 1.82) is 0 Å². The van der Waals surface area contributed by atoms with Crippen LogP contribution >= 0.6 is 11.6 Å². The standard InChI is InChI=1S/C42H40ClFO7/c1-2-48-38-21-18-32(23-36(38)44)22-34-24-33(19-20-35(34)43)39(47)41(50-27-30-14-8-4-9-15-30)42(51-28-31-16-10-5-11-17-31)40(37(46)25-45)49-26-29-12-6-3-7-13-29/h3-21,23-24,40-42,45H,2,22,25-28H2,1H3/t40-,41+,42-/m1/s1. The van der Waals surface area contributed by atoms with Crippen LogP contribution in [0.4, 0.5) is 4.39 Å². The third kappa shape index (κ3) is 10.7. The minimum Gasteiger partial charge on any atom is -0.491 e. The minimum atomic E-state index is -1.37. The lowest BCUT2D eigenvalue weighted by molar-refractivity contribution is -0.162. The number of hydrogen-bond donors (Lipinski definition) is 1. The molecule has 0 radical (unpaired) electrons. The Hall–Kier alpha value is -4.70. The smallest absolute Gasteiger partial charge is 0.194 e. The van der Waals surface area contributed by atoms with Crippen LogP contribution in [0.5, 0.6) is 5.75 Å². The first-order chi connectivity index (χ1) is 24.9. The molecule has 0 aliphatic heterocycles. The van der Waals surface area contributed by atoms with E-state index in [4.69, 9.17) is 30.5 Å². The highest BCUT2D eigenvalue weighted by atomic mass is 35.5. The van der Waals surface area contributed by atoms with Gasteiger partial charge in [-0.15, -0.1) is 0 Å². The van der Waals surface area contributed by atoms with Crippen molar-refractivity contribution in [2.45, 2.75) is 51.5 Å². The van der Waals surface area contributed by atoms with E-state index in [2.05, 4.69) is 0 Å². The molecule has 51 heavy (non-hydrogen) atoms. The van der Waals surface area contributed by atoms with E-state index in [0.29, 0.717) is 22.8 Å². The molecule has 0 spiro atoms. The van der Waals surface area contributed by atoms with Gasteiger partial charge in [0, 0.05) is 10.6 Å². The molecule has 0 heterocycles. The molecule has 0 saturated carbocycles. The SMILES string of the molecule is CCOc1ccc(Cc2cc(C(=O)[C@H](OCc3ccccc3)[C@H](OCc3ccccc3)[C@H](OCc3ccccc3)C(=O)CO)ccc2Cl)cc1F. The number of halogens is 2. The second kappa shape index (κ2) is 19.1. The summed E-state index contributed by atoms with van der Waals surface area (Å²) in [5, 5.41) is 10.5. The topological polar surface area (TPSA) is 91.3 Å². The van der Waals surface area contributed by atoms with Gasteiger partial charge in [0.2, 0.25) is 0 Å². The van der Waals surface area contributed by atoms with Crippen LogP contribution in [0.1, 0.15) is 45.1 Å². The second-order valence-corrected chi connectivity index (χ2v) is 12.3. The van der Waals surface area contributed by atoms with Crippen LogP contribution in [0.25, 0.3) is 0 Å². The third-order valence-corrected chi connectivity index (χ3v) is 8.55. The zero-order chi connectivity index (χ0) is 36.0. The van der Waals surface area contributed by atoms with Gasteiger partial charge in [-0.3, -0.25) is 9.59 Å². The van der Waals surface area contributed by atoms with E-state index >= 15 is 0 Å². The van der Waals surface area contributed by atoms with Gasteiger partial charge in [0.15, 0.2) is 23.1 Å². The lowest BCUT2D eigenvalue weighted by Gasteiger charge is -2.32. The van der Waals surface area contributed by atoms with Crippen LogP contribution in [0, 0.1) is 5.82 Å². The highest BCUT2D eigenvalue weighted by Crippen LogP contribution is 2.27. The van der Waals surface area contributed by atoms with Crippen molar-refractivity contribution in [2.75, 3.05) is 13.2 Å². The molecular weight excluding hydrogens is 671 g/mol. The predicted octanol–water partition coefficient (Wildman–Crippen LogP) is 7.97. The Bertz CT molecular complexity index is 1850. The number of Topliss-reactive ketones (excluding diaryl/α,β-unsaturated/α-hetero) is 2. The molecule has 0 unspecified atom stereocenters. The molecule has 264 valence electrons. The van der Waals surface area contributed by atoms with Crippen LogP contribution in [0.3, 0.4) is 0 Å². The zero-order valence-corrected chi connectivity index (χ0v) is 29.0. The molecule has 0 bridgehead atoms. The van der Waals surface area contributed by atoms with Crippen molar-refractivity contribution in [3.8, 4) is 5.75 Å². The molecule has 9 heteroatoms. The first kappa shape index (κ1) is 37.6. The molecule has 7 nitrogen and oxygen atoms in total. The van der Waals surface area contributed by atoms with E-state index in [1.807, 2.05) is 91.0 Å². The highest BCUT2D eigenvalue weighted by molar-refractivity contribution is 6.31. The van der Waals surface area contributed by atoms with Crippen molar-refractivity contribution in [3.05, 3.63) is 172 Å². The summed E-state index contributed by atoms with van der Waals surface area (Å²) in [7, 11) is 0. The Morgan fingerprint density at radius 3 is 1.76 bits per heavy atom. The van der Waals surface area contributed by atoms with Gasteiger partial charge >= 0.3 is 0 Å². The van der Waals surface area contributed by atoms with Gasteiger partial charge in [0.05, 0.1) is 26.4 Å². The first-order valence-corrected chi connectivity index (χ1v) is 17.1. The summed E-state index contributed by atoms with van der Waals surface area (Å²) < 4.78 is 39.0. The average molecular weight is 711 g/mol. The molecule has 0 aliphatic carbocycles. The number of carbonyl (C=O) groups is 2. The molecule has 0 saturated heterocycles. The number of ether oxygens (including phenoxy) is 4. The highest BCUT2D eigenvalue weighted by Gasteiger charge is 2.41. The van der Waals surface area contributed by atoms with Crippen LogP contribution in [0.2, 0.25) is 5.02 Å². The molecule has 1 N–H and O–H groups in total. The first-order valence-electron chi connectivity index (χ1n) is 16.7. The van der Waals surface area contributed by atoms with Gasteiger partial charge < -0.3 is 24.1 Å². The monoisotopic (exact) mass is 710 g/mol. The molecular formula is C42H40ClFO7. The maximum absolute atomic E-state index is 14.7. The number of carbonyl (C=O) groups excluding carboxylic acids is 2. The Morgan fingerprint density at radius 2 is 1.24 bits per heavy atom. The number of hydrogen-bond acceptors (Lipinski definition) is 7. The average Bonchev–Trinajstić information content (AvgIpc) is 3.16. The Kier molecular flexibility index (Phi) is 14.0. The number of benzene rings is 5. The van der Waals surface area contributed by atoms with E-state index in [0.717, 1.165) is 16.7 Å². The van der Waals surface area contributed by atoms with E-state index < -0.39 is 42.3 Å². The Morgan fingerprint density at radius 1 is 0.686 bits per heavy atom. The quantitative estimate of drug-likeness (QED) is 0.0870. The summed E-state index contributed by atoms with van der Waals surface area (Å²) in [4.78, 5) is 28.1. The van der Waals surface area contributed by atoms with Crippen LogP contribution in [-0.2, 0) is 45.2 Å². The molecule has 0 fully saturated rings. The Balaban J connectivity index is 1.52. The van der Waals surface area contributed by atoms with Gasteiger partial charge in [0.25, 0.3) is 0 Å². The fourth-order valence-electron chi connectivity index (χ4n) is 5.58. The van der Waals surface area contributed by atoms with Crippen molar-refractivity contribution >= 4 is 23.2 Å². The summed E-state index contributed by atoms with van der Waals surface area (Å²) in [6.07, 6.45) is -3.77. The zero-order valence-electron chi connectivity index (χ0n) is 28.3. The molecule has 0 amide bonds. The number of rotatable bonds is 19. The molecule has 0 aromatic heterocycles. The van der Waals surface area contributed by atoms with Gasteiger partial charge in [-0.2, -0.15) is 0 Å². The Labute approximate surface area is 302 Å². The number of aliphatic hydroxyl groups excluding tert-OH is 1. The second-order valence-electron chi connectivity index (χ2n) is 11.9. The van der Waals surface area contributed by atoms with Crippen molar-refractivity contribution in [1.82, 2.24) is 0 Å².